The van der Waals surface area contributed by atoms with Crippen LogP contribution in [0, 0.1) is 13.8 Å². The fourth-order valence-corrected chi connectivity index (χ4v) is 4.98. The van der Waals surface area contributed by atoms with Crippen LogP contribution in [0.5, 0.6) is 11.5 Å². The molecule has 0 radical (unpaired) electrons. The summed E-state index contributed by atoms with van der Waals surface area (Å²) < 4.78 is 44.1. The van der Waals surface area contributed by atoms with Crippen molar-refractivity contribution in [3.63, 3.8) is 0 Å². The summed E-state index contributed by atoms with van der Waals surface area (Å²) in [5.41, 5.74) is 2.38. The van der Waals surface area contributed by atoms with E-state index in [1.165, 1.54) is 44.6 Å². The molecule has 0 unspecified atom stereocenters. The number of hydrogen-bond acceptors (Lipinski definition) is 7. The Balaban J connectivity index is 2.01. The third kappa shape index (κ3) is 6.39. The Kier molecular flexibility index (Phi) is 8.77. The number of nitrogens with one attached hydrogen (secondary N) is 1. The number of anilines is 2. The lowest BCUT2D eigenvalue weighted by Gasteiger charge is -2.26. The van der Waals surface area contributed by atoms with Gasteiger partial charge in [-0.05, 0) is 62.7 Å². The first-order valence-electron chi connectivity index (χ1n) is 11.5. The molecule has 3 rings (SSSR count). The maximum absolute atomic E-state index is 13.7. The van der Waals surface area contributed by atoms with E-state index in [1.54, 1.807) is 44.2 Å². The van der Waals surface area contributed by atoms with E-state index < -0.39 is 28.4 Å². The highest BCUT2D eigenvalue weighted by Gasteiger charge is 2.30. The van der Waals surface area contributed by atoms with Gasteiger partial charge in [0.1, 0.15) is 18.0 Å². The lowest BCUT2D eigenvalue weighted by molar-refractivity contribution is -0.114. The number of esters is 1. The summed E-state index contributed by atoms with van der Waals surface area (Å²) in [5, 5.41) is 2.72. The first-order chi connectivity index (χ1) is 17.6. The average Bonchev–Trinajstić information content (AvgIpc) is 2.88. The SMILES string of the molecule is CCOC(=O)c1ccc(C)c(NC(=O)CN(c2ccc(OC)cc2OC)S(=O)(=O)c2ccc(C)cc2)c1. The molecule has 0 bridgehead atoms. The van der Waals surface area contributed by atoms with Crippen LogP contribution >= 0.6 is 0 Å². The Morgan fingerprint density at radius 1 is 0.919 bits per heavy atom. The second kappa shape index (κ2) is 11.8. The summed E-state index contributed by atoms with van der Waals surface area (Å²) in [5.74, 6) is -0.463. The van der Waals surface area contributed by atoms with E-state index >= 15 is 0 Å². The Hall–Kier alpha value is -4.05. The van der Waals surface area contributed by atoms with Crippen molar-refractivity contribution in [2.24, 2.45) is 0 Å². The van der Waals surface area contributed by atoms with E-state index in [9.17, 15) is 18.0 Å². The molecule has 9 nitrogen and oxygen atoms in total. The standard InChI is InChI=1S/C27H30N2O7S/c1-6-36-27(31)20-10-9-19(3)23(15-20)28-26(30)17-29(24-14-11-21(34-4)16-25(24)35-5)37(32,33)22-12-7-18(2)8-13-22/h7-16H,6,17H2,1-5H3,(H,28,30). The van der Waals surface area contributed by atoms with E-state index in [1.807, 2.05) is 6.92 Å². The molecule has 1 N–H and O–H groups in total. The molecule has 3 aromatic carbocycles. The topological polar surface area (TPSA) is 111 Å². The van der Waals surface area contributed by atoms with Gasteiger partial charge in [-0.25, -0.2) is 13.2 Å². The van der Waals surface area contributed by atoms with Crippen LogP contribution in [0.15, 0.2) is 65.6 Å². The molecular weight excluding hydrogens is 496 g/mol. The number of nitrogens with zero attached hydrogens (tertiary/aromatic N) is 1. The van der Waals surface area contributed by atoms with E-state index in [0.29, 0.717) is 17.0 Å². The Morgan fingerprint density at radius 3 is 2.24 bits per heavy atom. The van der Waals surface area contributed by atoms with E-state index in [2.05, 4.69) is 5.32 Å². The van der Waals surface area contributed by atoms with Crippen molar-refractivity contribution in [2.45, 2.75) is 25.7 Å². The van der Waals surface area contributed by atoms with Crippen LogP contribution in [0.4, 0.5) is 11.4 Å². The zero-order chi connectivity index (χ0) is 27.2. The van der Waals surface area contributed by atoms with Crippen molar-refractivity contribution >= 4 is 33.3 Å². The van der Waals surface area contributed by atoms with Gasteiger partial charge in [-0.15, -0.1) is 0 Å². The first kappa shape index (κ1) is 27.5. The van der Waals surface area contributed by atoms with Gasteiger partial charge in [0, 0.05) is 11.8 Å². The summed E-state index contributed by atoms with van der Waals surface area (Å²) in [7, 11) is -1.29. The van der Waals surface area contributed by atoms with Gasteiger partial charge in [0.2, 0.25) is 5.91 Å². The van der Waals surface area contributed by atoms with Crippen LogP contribution in [-0.2, 0) is 19.6 Å². The molecule has 0 aliphatic carbocycles. The van der Waals surface area contributed by atoms with Gasteiger partial charge in [0.05, 0.1) is 37.0 Å². The van der Waals surface area contributed by atoms with E-state index in [0.717, 1.165) is 9.87 Å². The molecule has 0 fully saturated rings. The van der Waals surface area contributed by atoms with Gasteiger partial charge in [-0.3, -0.25) is 9.10 Å². The van der Waals surface area contributed by atoms with Crippen LogP contribution in [0.3, 0.4) is 0 Å². The smallest absolute Gasteiger partial charge is 0.338 e. The zero-order valence-corrected chi connectivity index (χ0v) is 22.2. The maximum atomic E-state index is 13.7. The number of carbonyl (C=O) groups is 2. The van der Waals surface area contributed by atoms with Gasteiger partial charge >= 0.3 is 5.97 Å². The summed E-state index contributed by atoms with van der Waals surface area (Å²) >= 11 is 0. The lowest BCUT2D eigenvalue weighted by atomic mass is 10.1. The van der Waals surface area contributed by atoms with Crippen LogP contribution in [0.1, 0.15) is 28.4 Å². The number of aryl methyl sites for hydroxylation is 2. The fraction of sp³-hybridized carbons (Fsp3) is 0.259. The lowest BCUT2D eigenvalue weighted by Crippen LogP contribution is -2.38. The van der Waals surface area contributed by atoms with Crippen LogP contribution in [0.2, 0.25) is 0 Å². The number of methoxy groups -OCH3 is 2. The molecule has 0 atom stereocenters. The minimum atomic E-state index is -4.17. The summed E-state index contributed by atoms with van der Waals surface area (Å²) in [6.07, 6.45) is 0. The summed E-state index contributed by atoms with van der Waals surface area (Å²) in [6.45, 7) is 4.97. The van der Waals surface area contributed by atoms with Crippen molar-refractivity contribution in [1.82, 2.24) is 0 Å². The third-order valence-electron chi connectivity index (χ3n) is 5.57. The van der Waals surface area contributed by atoms with Crippen molar-refractivity contribution in [2.75, 3.05) is 37.0 Å². The second-order valence-corrected chi connectivity index (χ2v) is 10.0. The molecule has 10 heteroatoms. The van der Waals surface area contributed by atoms with Crippen molar-refractivity contribution < 1.29 is 32.2 Å². The van der Waals surface area contributed by atoms with Crippen molar-refractivity contribution in [3.05, 3.63) is 77.4 Å². The molecule has 0 aliphatic heterocycles. The first-order valence-corrected chi connectivity index (χ1v) is 12.9. The zero-order valence-electron chi connectivity index (χ0n) is 21.4. The number of benzene rings is 3. The number of sulfonamides is 1. The summed E-state index contributed by atoms with van der Waals surface area (Å²) in [6, 6.07) is 15.7. The van der Waals surface area contributed by atoms with Crippen LogP contribution in [-0.4, -0.2) is 47.7 Å². The molecular formula is C27H30N2O7S. The quantitative estimate of drug-likeness (QED) is 0.392. The molecule has 0 heterocycles. The molecule has 0 aliphatic rings. The van der Waals surface area contributed by atoms with Crippen LogP contribution < -0.4 is 19.1 Å². The van der Waals surface area contributed by atoms with Gasteiger partial charge in [-0.2, -0.15) is 0 Å². The van der Waals surface area contributed by atoms with Gasteiger partial charge in [0.25, 0.3) is 10.0 Å². The predicted octanol–water partition coefficient (Wildman–Crippen LogP) is 4.33. The highest BCUT2D eigenvalue weighted by molar-refractivity contribution is 7.92. The monoisotopic (exact) mass is 526 g/mol. The molecule has 0 saturated heterocycles. The average molecular weight is 527 g/mol. The maximum Gasteiger partial charge on any atom is 0.338 e. The minimum Gasteiger partial charge on any atom is -0.497 e. The minimum absolute atomic E-state index is 0.0178. The molecule has 3 aromatic rings. The number of amides is 1. The predicted molar refractivity (Wildman–Crippen MR) is 141 cm³/mol. The Morgan fingerprint density at radius 2 is 1.62 bits per heavy atom. The largest absolute Gasteiger partial charge is 0.497 e. The van der Waals surface area contributed by atoms with Crippen molar-refractivity contribution in [1.29, 1.82) is 0 Å². The molecule has 0 spiro atoms. The van der Waals surface area contributed by atoms with Crippen molar-refractivity contribution in [3.8, 4) is 11.5 Å². The molecule has 0 saturated carbocycles. The molecule has 1 amide bonds. The Labute approximate surface area is 217 Å². The van der Waals surface area contributed by atoms with Gasteiger partial charge in [-0.1, -0.05) is 23.8 Å². The number of rotatable bonds is 10. The number of ether oxygens (including phenoxy) is 3. The van der Waals surface area contributed by atoms with Gasteiger partial charge in [0.15, 0.2) is 0 Å². The highest BCUT2D eigenvalue weighted by atomic mass is 32.2. The fourth-order valence-electron chi connectivity index (χ4n) is 3.55. The molecule has 37 heavy (non-hydrogen) atoms. The number of carbonyl (C=O) groups excluding carboxylic acids is 2. The summed E-state index contributed by atoms with van der Waals surface area (Å²) in [4.78, 5) is 25.4. The number of hydrogen-bond donors (Lipinski definition) is 1. The van der Waals surface area contributed by atoms with Crippen LogP contribution in [0.25, 0.3) is 0 Å². The second-order valence-electron chi connectivity index (χ2n) is 8.16. The molecule has 0 aromatic heterocycles. The normalized spacial score (nSPS) is 10.9. The van der Waals surface area contributed by atoms with E-state index in [4.69, 9.17) is 14.2 Å². The van der Waals surface area contributed by atoms with Gasteiger partial charge < -0.3 is 19.5 Å². The van der Waals surface area contributed by atoms with E-state index in [-0.39, 0.29) is 28.5 Å². The highest BCUT2D eigenvalue weighted by Crippen LogP contribution is 2.35. The third-order valence-corrected chi connectivity index (χ3v) is 7.35. The molecule has 196 valence electrons. The Bertz CT molecular complexity index is 1390.